The number of quaternary nitrogens is 1. The van der Waals surface area contributed by atoms with Crippen LogP contribution in [0, 0.1) is 0 Å². The molecule has 0 aliphatic heterocycles. The highest BCUT2D eigenvalue weighted by atomic mass is 31.2. The van der Waals surface area contributed by atoms with Crippen LogP contribution in [0.5, 0.6) is 0 Å². The zero-order valence-electron chi connectivity index (χ0n) is 47.3. The quantitative estimate of drug-likeness (QED) is 0.0205. The molecule has 0 aliphatic rings. The number of allylic oxidation sites excluding steroid dienone is 19. The van der Waals surface area contributed by atoms with Crippen LogP contribution in [0.1, 0.15) is 213 Å². The Morgan fingerprint density at radius 1 is 0.493 bits per heavy atom. The number of amides is 1. The summed E-state index contributed by atoms with van der Waals surface area (Å²) in [5.41, 5.74) is 0. The molecule has 0 saturated carbocycles. The summed E-state index contributed by atoms with van der Waals surface area (Å²) in [7, 11) is 1.43. The number of carbonyl (C=O) groups excluding carboxylic acids is 2. The van der Waals surface area contributed by atoms with Crippen molar-refractivity contribution >= 4 is 19.7 Å². The van der Waals surface area contributed by atoms with Crippen molar-refractivity contribution in [1.82, 2.24) is 5.32 Å². The van der Waals surface area contributed by atoms with Crippen LogP contribution in [0.15, 0.2) is 122 Å². The summed E-state index contributed by atoms with van der Waals surface area (Å²) in [5.74, 6) is -0.590. The van der Waals surface area contributed by atoms with E-state index in [0.29, 0.717) is 23.9 Å². The number of unbranched alkanes of at least 4 members (excludes halogenated alkanes) is 16. The lowest BCUT2D eigenvalue weighted by atomic mass is 10.1. The highest BCUT2D eigenvalue weighted by Crippen LogP contribution is 2.43. The fourth-order valence-corrected chi connectivity index (χ4v) is 8.22. The zero-order valence-corrected chi connectivity index (χ0v) is 48.2. The van der Waals surface area contributed by atoms with E-state index in [9.17, 15) is 19.0 Å². The summed E-state index contributed by atoms with van der Waals surface area (Å²) in [6, 6.07) is -0.886. The van der Waals surface area contributed by atoms with E-state index in [-0.39, 0.29) is 37.9 Å². The van der Waals surface area contributed by atoms with Gasteiger partial charge < -0.3 is 19.4 Å². The molecule has 0 aliphatic carbocycles. The first-order chi connectivity index (χ1) is 35.4. The van der Waals surface area contributed by atoms with Crippen molar-refractivity contribution in [2.24, 2.45) is 0 Å². The largest absolute Gasteiger partial charge is 0.472 e. The third kappa shape index (κ3) is 53.1. The Morgan fingerprint density at radius 2 is 0.877 bits per heavy atom. The van der Waals surface area contributed by atoms with Crippen LogP contribution in [0.2, 0.25) is 0 Å². The summed E-state index contributed by atoms with van der Waals surface area (Å²) in [4.78, 5) is 37.6. The number of hydrogen-bond acceptors (Lipinski definition) is 6. The van der Waals surface area contributed by atoms with Crippen LogP contribution in [0.4, 0.5) is 0 Å². The predicted molar refractivity (Wildman–Crippen MR) is 313 cm³/mol. The molecule has 3 unspecified atom stereocenters. The number of rotatable bonds is 50. The fraction of sp³-hybridized carbons (Fsp3) is 0.651. The number of phosphoric ester groups is 1. The second kappa shape index (κ2) is 51.9. The van der Waals surface area contributed by atoms with E-state index in [4.69, 9.17) is 13.8 Å². The molecule has 9 nitrogen and oxygen atoms in total. The van der Waals surface area contributed by atoms with Crippen molar-refractivity contribution in [3.05, 3.63) is 122 Å². The number of nitrogens with one attached hydrogen (secondary N) is 1. The van der Waals surface area contributed by atoms with E-state index in [2.05, 4.69) is 135 Å². The monoisotopic (exact) mass is 1040 g/mol. The molecule has 0 fully saturated rings. The number of ether oxygens (including phenoxy) is 1. The normalized spacial score (nSPS) is 14.7. The van der Waals surface area contributed by atoms with Crippen LogP contribution >= 0.6 is 7.82 Å². The molecule has 0 aromatic heterocycles. The standard InChI is InChI=1S/C63H107N2O7P/c1-7-10-13-16-19-22-25-28-30-32-33-34-36-38-41-44-47-50-53-56-63(67)72-61(54-51-48-45-42-39-27-24-21-18-15-12-9-3)60(59-71-73(68,69)70-58-57-65(4,5)6)64-62(66)55-52-49-46-43-40-37-35-31-29-26-23-20-17-14-11-8-2/h10-11,13-14,19-20,22-23,28-31,33-34,37-38,40-41,51,54,60-61H,7-9,12,15-18,21,24-27,32,35-36,39,42-50,52-53,55-59H2,1-6H3,(H-,64,66,68,69)/p+1/b13-10-,14-11+,22-19-,23-20+,30-28-,31-29+,34-33-,40-37+,41-38-,54-51+. The number of carbonyl (C=O) groups is 2. The van der Waals surface area contributed by atoms with Gasteiger partial charge in [-0.2, -0.15) is 0 Å². The minimum atomic E-state index is -4.47. The average molecular weight is 1040 g/mol. The molecule has 2 N–H and O–H groups in total. The number of likely N-dealkylation sites (N-methyl/N-ethyl adjacent to an activating group) is 1. The van der Waals surface area contributed by atoms with E-state index in [1.54, 1.807) is 0 Å². The Kier molecular flexibility index (Phi) is 49.3. The third-order valence-electron chi connectivity index (χ3n) is 11.9. The first kappa shape index (κ1) is 69.4. The van der Waals surface area contributed by atoms with Crippen molar-refractivity contribution in [3.63, 3.8) is 0 Å². The van der Waals surface area contributed by atoms with Gasteiger partial charge in [-0.1, -0.05) is 207 Å². The van der Waals surface area contributed by atoms with E-state index < -0.39 is 20.0 Å². The topological polar surface area (TPSA) is 111 Å². The molecule has 416 valence electrons. The summed E-state index contributed by atoms with van der Waals surface area (Å²) < 4.78 is 30.6. The van der Waals surface area contributed by atoms with Crippen LogP contribution in [0.3, 0.4) is 0 Å². The Balaban J connectivity index is 5.47. The molecule has 0 aromatic rings. The van der Waals surface area contributed by atoms with Gasteiger partial charge in [-0.3, -0.25) is 18.6 Å². The summed E-state index contributed by atoms with van der Waals surface area (Å²) in [5, 5.41) is 3.02. The maximum atomic E-state index is 13.5. The van der Waals surface area contributed by atoms with Crippen molar-refractivity contribution in [1.29, 1.82) is 0 Å². The van der Waals surface area contributed by atoms with Crippen LogP contribution in [-0.2, 0) is 27.9 Å². The van der Waals surface area contributed by atoms with Gasteiger partial charge >= 0.3 is 13.8 Å². The van der Waals surface area contributed by atoms with Gasteiger partial charge in [-0.05, 0) is 115 Å². The van der Waals surface area contributed by atoms with Crippen molar-refractivity contribution in [3.8, 4) is 0 Å². The minimum absolute atomic E-state index is 0.0213. The lowest BCUT2D eigenvalue weighted by molar-refractivity contribution is -0.870. The molecule has 0 aromatic carbocycles. The summed E-state index contributed by atoms with van der Waals surface area (Å²) in [6.45, 7) is 6.71. The fourth-order valence-electron chi connectivity index (χ4n) is 7.48. The molecule has 0 spiro atoms. The van der Waals surface area contributed by atoms with Gasteiger partial charge in [0.05, 0.1) is 33.8 Å². The Labute approximate surface area is 448 Å². The van der Waals surface area contributed by atoms with Gasteiger partial charge in [-0.15, -0.1) is 0 Å². The van der Waals surface area contributed by atoms with Gasteiger partial charge in [0, 0.05) is 12.8 Å². The molecule has 0 heterocycles. The molecule has 0 rings (SSSR count). The van der Waals surface area contributed by atoms with Gasteiger partial charge in [0.25, 0.3) is 0 Å². The number of hydrogen-bond donors (Lipinski definition) is 2. The van der Waals surface area contributed by atoms with Crippen molar-refractivity contribution < 1.29 is 37.3 Å². The molecular formula is C63H108N2O7P+. The van der Waals surface area contributed by atoms with Gasteiger partial charge in [0.1, 0.15) is 19.3 Å². The minimum Gasteiger partial charge on any atom is -0.456 e. The molecular weight excluding hydrogens is 928 g/mol. The summed E-state index contributed by atoms with van der Waals surface area (Å²) >= 11 is 0. The molecule has 10 heteroatoms. The molecule has 0 saturated heterocycles. The highest BCUT2D eigenvalue weighted by molar-refractivity contribution is 7.47. The van der Waals surface area contributed by atoms with Gasteiger partial charge in [0.15, 0.2) is 0 Å². The molecule has 0 bridgehead atoms. The second-order valence-electron chi connectivity index (χ2n) is 20.0. The highest BCUT2D eigenvalue weighted by Gasteiger charge is 2.30. The Bertz CT molecular complexity index is 1660. The molecule has 3 atom stereocenters. The Hall–Kier alpha value is -3.59. The van der Waals surface area contributed by atoms with Crippen LogP contribution in [0.25, 0.3) is 0 Å². The van der Waals surface area contributed by atoms with E-state index in [0.717, 1.165) is 116 Å². The van der Waals surface area contributed by atoms with Gasteiger partial charge in [0.2, 0.25) is 5.91 Å². The first-order valence-corrected chi connectivity index (χ1v) is 30.4. The predicted octanol–water partition coefficient (Wildman–Crippen LogP) is 17.5. The third-order valence-corrected chi connectivity index (χ3v) is 12.9. The summed E-state index contributed by atoms with van der Waals surface area (Å²) in [6.07, 6.45) is 72.0. The molecule has 1 amide bonds. The molecule has 73 heavy (non-hydrogen) atoms. The van der Waals surface area contributed by atoms with Crippen LogP contribution in [-0.4, -0.2) is 74.3 Å². The second-order valence-corrected chi connectivity index (χ2v) is 21.5. The lowest BCUT2D eigenvalue weighted by Gasteiger charge is -2.27. The maximum Gasteiger partial charge on any atom is 0.472 e. The first-order valence-electron chi connectivity index (χ1n) is 28.9. The number of esters is 1. The average Bonchev–Trinajstić information content (AvgIpc) is 3.35. The van der Waals surface area contributed by atoms with Crippen LogP contribution < -0.4 is 5.32 Å². The number of phosphoric acid groups is 1. The maximum absolute atomic E-state index is 13.5. The smallest absolute Gasteiger partial charge is 0.456 e. The van der Waals surface area contributed by atoms with Crippen molar-refractivity contribution in [2.45, 2.75) is 226 Å². The van der Waals surface area contributed by atoms with Gasteiger partial charge in [-0.25, -0.2) is 4.57 Å². The van der Waals surface area contributed by atoms with E-state index >= 15 is 0 Å². The lowest BCUT2D eigenvalue weighted by Crippen LogP contribution is -2.47. The van der Waals surface area contributed by atoms with E-state index in [1.165, 1.54) is 51.4 Å². The number of nitrogens with zero attached hydrogens (tertiary/aromatic N) is 1. The SMILES string of the molecule is CC/C=C\C/C=C\C/C=C\C/C=C\C/C=C\CCCCCC(=O)OC(/C=C/CCCCCCCCCCCC)C(COP(=O)(O)OCC[N+](C)(C)C)NC(=O)CCCCC/C=C/C/C=C/C/C=C/C/C=C/CC. The van der Waals surface area contributed by atoms with E-state index in [1.807, 2.05) is 33.3 Å². The Morgan fingerprint density at radius 3 is 1.32 bits per heavy atom. The zero-order chi connectivity index (χ0) is 53.6. The van der Waals surface area contributed by atoms with Crippen molar-refractivity contribution in [2.75, 3.05) is 40.9 Å². The molecule has 0 radical (unpaired) electrons.